The average Bonchev–Trinajstić information content (AvgIpc) is 2.89. The summed E-state index contributed by atoms with van der Waals surface area (Å²) in [5.41, 5.74) is 2.17. The molecule has 0 spiro atoms. The minimum absolute atomic E-state index is 0.0820. The van der Waals surface area contributed by atoms with Gasteiger partial charge in [0.05, 0.1) is 13.2 Å². The summed E-state index contributed by atoms with van der Waals surface area (Å²) in [6, 6.07) is 6.93. The Hall–Kier alpha value is -2.60. The number of carbonyl (C=O) groups is 2. The number of hydrogen-bond donors (Lipinski definition) is 2. The van der Waals surface area contributed by atoms with Crippen molar-refractivity contribution in [3.63, 3.8) is 0 Å². The Kier molecular flexibility index (Phi) is 6.14. The van der Waals surface area contributed by atoms with Gasteiger partial charge in [-0.1, -0.05) is 24.3 Å². The summed E-state index contributed by atoms with van der Waals surface area (Å²) in [5, 5.41) is 12.7. The molecule has 1 aromatic carbocycles. The van der Waals surface area contributed by atoms with Crippen LogP contribution in [0.15, 0.2) is 43.1 Å². The first-order valence-electron chi connectivity index (χ1n) is 7.76. The largest absolute Gasteiger partial charge is 0.480 e. The van der Waals surface area contributed by atoms with E-state index < -0.39 is 12.0 Å². The highest BCUT2D eigenvalue weighted by atomic mass is 16.5. The van der Waals surface area contributed by atoms with Crippen molar-refractivity contribution in [2.75, 3.05) is 13.2 Å². The van der Waals surface area contributed by atoms with Crippen LogP contribution in [0, 0.1) is 0 Å². The van der Waals surface area contributed by atoms with Gasteiger partial charge in [0.15, 0.2) is 6.04 Å². The summed E-state index contributed by atoms with van der Waals surface area (Å²) < 4.78 is 7.13. The van der Waals surface area contributed by atoms with E-state index in [2.05, 4.69) is 11.9 Å². The third-order valence-electron chi connectivity index (χ3n) is 3.75. The van der Waals surface area contributed by atoms with Gasteiger partial charge < -0.3 is 19.7 Å². The fourth-order valence-corrected chi connectivity index (χ4v) is 2.58. The SMILES string of the molecule is C=CCOCC(NC(=O)CCc1cn(C)c2ccccc12)C(=O)O. The molecule has 6 nitrogen and oxygen atoms in total. The maximum absolute atomic E-state index is 12.0. The Bertz CT molecular complexity index is 736. The number of amides is 1. The average molecular weight is 330 g/mol. The monoisotopic (exact) mass is 330 g/mol. The zero-order valence-corrected chi connectivity index (χ0v) is 13.7. The molecule has 2 N–H and O–H groups in total. The van der Waals surface area contributed by atoms with Crippen molar-refractivity contribution in [3.05, 3.63) is 48.7 Å². The maximum atomic E-state index is 12.0. The van der Waals surface area contributed by atoms with Gasteiger partial charge >= 0.3 is 5.97 Å². The maximum Gasteiger partial charge on any atom is 0.328 e. The van der Waals surface area contributed by atoms with Crippen molar-refractivity contribution in [2.24, 2.45) is 7.05 Å². The van der Waals surface area contributed by atoms with E-state index in [1.165, 1.54) is 6.08 Å². The second-order valence-corrected chi connectivity index (χ2v) is 5.57. The molecule has 0 saturated heterocycles. The zero-order valence-electron chi connectivity index (χ0n) is 13.7. The Morgan fingerprint density at radius 3 is 2.88 bits per heavy atom. The van der Waals surface area contributed by atoms with E-state index in [9.17, 15) is 9.59 Å². The summed E-state index contributed by atoms with van der Waals surface area (Å²) in [7, 11) is 1.96. The molecule has 128 valence electrons. The first-order valence-corrected chi connectivity index (χ1v) is 7.76. The summed E-state index contributed by atoms with van der Waals surface area (Å²) in [5.74, 6) is -1.42. The van der Waals surface area contributed by atoms with Crippen molar-refractivity contribution >= 4 is 22.8 Å². The normalized spacial score (nSPS) is 12.0. The number of hydrogen-bond acceptors (Lipinski definition) is 3. The molecule has 0 bridgehead atoms. The number of carboxylic acid groups (broad SMARTS) is 1. The van der Waals surface area contributed by atoms with E-state index in [0.717, 1.165) is 16.5 Å². The quantitative estimate of drug-likeness (QED) is 0.543. The van der Waals surface area contributed by atoms with Gasteiger partial charge in [-0.05, 0) is 18.1 Å². The number of nitrogens with zero attached hydrogens (tertiary/aromatic N) is 1. The highest BCUT2D eigenvalue weighted by Crippen LogP contribution is 2.21. The number of carboxylic acids is 1. The molecule has 2 aromatic rings. The number of fused-ring (bicyclic) bond motifs is 1. The summed E-state index contributed by atoms with van der Waals surface area (Å²) in [6.45, 7) is 3.66. The number of rotatable bonds is 9. The van der Waals surface area contributed by atoms with Crippen LogP contribution >= 0.6 is 0 Å². The second-order valence-electron chi connectivity index (χ2n) is 5.57. The lowest BCUT2D eigenvalue weighted by molar-refractivity contribution is -0.143. The van der Waals surface area contributed by atoms with E-state index >= 15 is 0 Å². The molecule has 6 heteroatoms. The lowest BCUT2D eigenvalue weighted by Gasteiger charge is -2.14. The molecule has 0 aliphatic carbocycles. The number of aliphatic carboxylic acids is 1. The van der Waals surface area contributed by atoms with E-state index in [4.69, 9.17) is 9.84 Å². The number of para-hydroxylation sites is 1. The molecule has 1 atom stereocenters. The van der Waals surface area contributed by atoms with E-state index in [0.29, 0.717) is 6.42 Å². The van der Waals surface area contributed by atoms with Gasteiger partial charge in [0.25, 0.3) is 0 Å². The van der Waals surface area contributed by atoms with Crippen molar-refractivity contribution < 1.29 is 19.4 Å². The van der Waals surface area contributed by atoms with Crippen LogP contribution in [0.2, 0.25) is 0 Å². The Labute approximate surface area is 140 Å². The molecule has 1 heterocycles. The summed E-state index contributed by atoms with van der Waals surface area (Å²) >= 11 is 0. The van der Waals surface area contributed by atoms with Crippen LogP contribution in [-0.2, 0) is 27.8 Å². The zero-order chi connectivity index (χ0) is 17.5. The van der Waals surface area contributed by atoms with Gasteiger partial charge in [-0.3, -0.25) is 4.79 Å². The van der Waals surface area contributed by atoms with Crippen LogP contribution in [0.3, 0.4) is 0 Å². The number of aromatic nitrogens is 1. The van der Waals surface area contributed by atoms with Crippen LogP contribution in [0.4, 0.5) is 0 Å². The molecule has 1 unspecified atom stereocenters. The Morgan fingerprint density at radius 1 is 1.42 bits per heavy atom. The number of ether oxygens (including phenoxy) is 1. The van der Waals surface area contributed by atoms with Gasteiger partial charge in [-0.15, -0.1) is 6.58 Å². The molecule has 0 radical (unpaired) electrons. The van der Waals surface area contributed by atoms with E-state index in [-0.39, 0.29) is 25.5 Å². The predicted molar refractivity (Wildman–Crippen MR) is 91.8 cm³/mol. The topological polar surface area (TPSA) is 80.6 Å². The van der Waals surface area contributed by atoms with Gasteiger partial charge in [0, 0.05) is 30.6 Å². The van der Waals surface area contributed by atoms with Crippen LogP contribution in [-0.4, -0.2) is 40.8 Å². The van der Waals surface area contributed by atoms with Crippen molar-refractivity contribution in [1.29, 1.82) is 0 Å². The molecule has 0 fully saturated rings. The molecular weight excluding hydrogens is 308 g/mol. The van der Waals surface area contributed by atoms with Gasteiger partial charge in [-0.2, -0.15) is 0 Å². The van der Waals surface area contributed by atoms with E-state index in [1.54, 1.807) is 0 Å². The smallest absolute Gasteiger partial charge is 0.328 e. The van der Waals surface area contributed by atoms with Crippen LogP contribution in [0.1, 0.15) is 12.0 Å². The minimum atomic E-state index is -1.11. The lowest BCUT2D eigenvalue weighted by Crippen LogP contribution is -2.44. The van der Waals surface area contributed by atoms with Gasteiger partial charge in [-0.25, -0.2) is 4.79 Å². The fraction of sp³-hybridized carbons (Fsp3) is 0.333. The number of benzene rings is 1. The van der Waals surface area contributed by atoms with Crippen LogP contribution in [0.25, 0.3) is 10.9 Å². The standard InChI is InChI=1S/C18H22N2O4/c1-3-10-24-12-15(18(22)23)19-17(21)9-8-13-11-20(2)16-7-5-4-6-14(13)16/h3-7,11,15H,1,8-10,12H2,2H3,(H,19,21)(H,22,23). The molecule has 1 amide bonds. The Balaban J connectivity index is 1.93. The minimum Gasteiger partial charge on any atom is -0.480 e. The molecule has 2 rings (SSSR count). The second kappa shape index (κ2) is 8.31. The first-order chi connectivity index (χ1) is 11.5. The van der Waals surface area contributed by atoms with E-state index in [1.807, 2.05) is 42.1 Å². The molecule has 0 aliphatic rings. The first kappa shape index (κ1) is 17.7. The molecule has 0 aliphatic heterocycles. The van der Waals surface area contributed by atoms with Crippen molar-refractivity contribution in [3.8, 4) is 0 Å². The van der Waals surface area contributed by atoms with Crippen LogP contribution in [0.5, 0.6) is 0 Å². The summed E-state index contributed by atoms with van der Waals surface area (Å²) in [4.78, 5) is 23.2. The molecule has 1 aromatic heterocycles. The van der Waals surface area contributed by atoms with Gasteiger partial charge in [0.1, 0.15) is 0 Å². The molecular formula is C18H22N2O4. The third-order valence-corrected chi connectivity index (χ3v) is 3.75. The highest BCUT2D eigenvalue weighted by molar-refractivity contribution is 5.86. The number of nitrogens with one attached hydrogen (secondary N) is 1. The van der Waals surface area contributed by atoms with Crippen LogP contribution < -0.4 is 5.32 Å². The third kappa shape index (κ3) is 4.45. The number of carbonyl (C=O) groups excluding carboxylic acids is 1. The van der Waals surface area contributed by atoms with Crippen molar-refractivity contribution in [2.45, 2.75) is 18.9 Å². The fourth-order valence-electron chi connectivity index (χ4n) is 2.58. The van der Waals surface area contributed by atoms with Crippen molar-refractivity contribution in [1.82, 2.24) is 9.88 Å². The number of aryl methyl sites for hydroxylation is 2. The lowest BCUT2D eigenvalue weighted by atomic mass is 10.1. The predicted octanol–water partition coefficient (Wildman–Crippen LogP) is 1.88. The molecule has 24 heavy (non-hydrogen) atoms. The van der Waals surface area contributed by atoms with Gasteiger partial charge in [0.2, 0.25) is 5.91 Å². The highest BCUT2D eigenvalue weighted by Gasteiger charge is 2.20. The summed E-state index contributed by atoms with van der Waals surface area (Å²) in [6.07, 6.45) is 4.30. The molecule has 0 saturated carbocycles. The Morgan fingerprint density at radius 2 is 2.17 bits per heavy atom.